The van der Waals surface area contributed by atoms with E-state index in [1.807, 2.05) is 0 Å². The van der Waals surface area contributed by atoms with Gasteiger partial charge in [-0.1, -0.05) is 0 Å². The zero-order valence-electron chi connectivity index (χ0n) is 5.24. The molecular weight excluding hydrogens is 214 g/mol. The van der Waals surface area contributed by atoms with Crippen molar-refractivity contribution in [3.05, 3.63) is 0 Å². The predicted molar refractivity (Wildman–Crippen MR) is 47.8 cm³/mol. The molecule has 1 aliphatic carbocycles. The monoisotopic (exact) mass is 220 g/mol. The van der Waals surface area contributed by atoms with E-state index in [-0.39, 0.29) is 21.5 Å². The molecule has 1 rings (SSSR count). The number of hydrogen-bond donors (Lipinski definition) is 0. The Hall–Kier alpha value is 1.16. The molecule has 0 amide bonds. The molecule has 0 aromatic heterocycles. The summed E-state index contributed by atoms with van der Waals surface area (Å²) in [7, 11) is 0. The fraction of sp³-hybridized carbons (Fsp3) is 1.00. The minimum absolute atomic E-state index is 0.0147. The van der Waals surface area contributed by atoms with Gasteiger partial charge in [0.05, 0.1) is 21.5 Å². The van der Waals surface area contributed by atoms with Gasteiger partial charge in [0.25, 0.3) is 0 Å². The minimum atomic E-state index is -0.0147. The van der Waals surface area contributed by atoms with Crippen molar-refractivity contribution in [2.45, 2.75) is 34.3 Å². The standard InChI is InChI=1S/C6H8Cl4/c7-3-1-4(8)6(10)2-5(3)9/h3-6H,1-2H2/t3-,4+,5+,6-. The van der Waals surface area contributed by atoms with Crippen molar-refractivity contribution in [3.8, 4) is 0 Å². The van der Waals surface area contributed by atoms with Gasteiger partial charge in [0, 0.05) is 0 Å². The summed E-state index contributed by atoms with van der Waals surface area (Å²) in [5.74, 6) is 0. The van der Waals surface area contributed by atoms with E-state index in [4.69, 9.17) is 46.4 Å². The Morgan fingerprint density at radius 3 is 1.00 bits per heavy atom. The highest BCUT2D eigenvalue weighted by Crippen LogP contribution is 2.33. The largest absolute Gasteiger partial charge is 0.121 e. The van der Waals surface area contributed by atoms with Gasteiger partial charge in [-0.2, -0.15) is 0 Å². The van der Waals surface area contributed by atoms with Crippen LogP contribution in [0, 0.1) is 0 Å². The predicted octanol–water partition coefficient (Wildman–Crippen LogP) is 3.21. The van der Waals surface area contributed by atoms with Crippen LogP contribution in [0.5, 0.6) is 0 Å². The Bertz CT molecular complexity index is 90.3. The van der Waals surface area contributed by atoms with E-state index in [1.54, 1.807) is 0 Å². The molecule has 0 unspecified atom stereocenters. The van der Waals surface area contributed by atoms with Crippen LogP contribution < -0.4 is 0 Å². The molecule has 4 atom stereocenters. The molecule has 1 aliphatic rings. The molecular formula is C6H8Cl4. The Balaban J connectivity index is 2.46. The Morgan fingerprint density at radius 2 is 0.800 bits per heavy atom. The van der Waals surface area contributed by atoms with Crippen LogP contribution in [0.3, 0.4) is 0 Å². The second-order valence-corrected chi connectivity index (χ2v) is 4.78. The summed E-state index contributed by atoms with van der Waals surface area (Å²) in [5.41, 5.74) is 0. The first-order valence-corrected chi connectivity index (χ1v) is 4.92. The number of halogens is 4. The summed E-state index contributed by atoms with van der Waals surface area (Å²) in [5, 5.41) is -0.0586. The van der Waals surface area contributed by atoms with Gasteiger partial charge < -0.3 is 0 Å². The van der Waals surface area contributed by atoms with E-state index in [0.717, 1.165) is 0 Å². The fourth-order valence-corrected chi connectivity index (χ4v) is 2.38. The Kier molecular flexibility index (Phi) is 3.43. The smallest absolute Gasteiger partial charge is 0.0514 e. The van der Waals surface area contributed by atoms with E-state index in [0.29, 0.717) is 12.8 Å². The van der Waals surface area contributed by atoms with Gasteiger partial charge in [0.15, 0.2) is 0 Å². The van der Waals surface area contributed by atoms with Crippen LogP contribution in [0.25, 0.3) is 0 Å². The first-order chi connectivity index (χ1) is 4.61. The van der Waals surface area contributed by atoms with Gasteiger partial charge in [0.2, 0.25) is 0 Å². The zero-order valence-corrected chi connectivity index (χ0v) is 8.26. The van der Waals surface area contributed by atoms with Crippen molar-refractivity contribution in [2.75, 3.05) is 0 Å². The molecule has 0 aliphatic heterocycles. The lowest BCUT2D eigenvalue weighted by Gasteiger charge is -2.29. The van der Waals surface area contributed by atoms with Crippen molar-refractivity contribution in [1.82, 2.24) is 0 Å². The third-order valence-corrected chi connectivity index (χ3v) is 3.87. The third kappa shape index (κ3) is 2.07. The molecule has 1 saturated carbocycles. The van der Waals surface area contributed by atoms with Crippen LogP contribution in [0.15, 0.2) is 0 Å². The molecule has 0 nitrogen and oxygen atoms in total. The van der Waals surface area contributed by atoms with E-state index in [9.17, 15) is 0 Å². The first kappa shape index (κ1) is 9.25. The summed E-state index contributed by atoms with van der Waals surface area (Å²) >= 11 is 23.4. The van der Waals surface area contributed by atoms with Gasteiger partial charge in [-0.25, -0.2) is 0 Å². The molecule has 10 heavy (non-hydrogen) atoms. The maximum Gasteiger partial charge on any atom is 0.0514 e. The van der Waals surface area contributed by atoms with Crippen LogP contribution >= 0.6 is 46.4 Å². The second kappa shape index (κ2) is 3.71. The SMILES string of the molecule is Cl[C@@H]1C[C@H](Cl)[C@H](Cl)C[C@@H]1Cl. The molecule has 0 spiro atoms. The lowest BCUT2D eigenvalue weighted by Crippen LogP contribution is -2.34. The second-order valence-electron chi connectivity index (χ2n) is 2.54. The molecule has 60 valence electrons. The van der Waals surface area contributed by atoms with Crippen LogP contribution in [-0.4, -0.2) is 21.5 Å². The molecule has 0 bridgehead atoms. The van der Waals surface area contributed by atoms with Gasteiger partial charge >= 0.3 is 0 Å². The normalized spacial score (nSPS) is 49.2. The highest BCUT2D eigenvalue weighted by Gasteiger charge is 2.32. The molecule has 0 aromatic rings. The summed E-state index contributed by atoms with van der Waals surface area (Å²) in [4.78, 5) is 0. The average Bonchev–Trinajstić information content (AvgIpc) is 1.84. The summed E-state index contributed by atoms with van der Waals surface area (Å²) < 4.78 is 0. The van der Waals surface area contributed by atoms with Crippen molar-refractivity contribution < 1.29 is 0 Å². The topological polar surface area (TPSA) is 0 Å². The first-order valence-electron chi connectivity index (χ1n) is 3.17. The fourth-order valence-electron chi connectivity index (χ4n) is 1.02. The van der Waals surface area contributed by atoms with E-state index in [1.165, 1.54) is 0 Å². The van der Waals surface area contributed by atoms with E-state index in [2.05, 4.69) is 0 Å². The van der Waals surface area contributed by atoms with Crippen LogP contribution in [0.2, 0.25) is 0 Å². The lowest BCUT2D eigenvalue weighted by atomic mass is 9.99. The van der Waals surface area contributed by atoms with Crippen LogP contribution in [0.1, 0.15) is 12.8 Å². The Morgan fingerprint density at radius 1 is 0.600 bits per heavy atom. The van der Waals surface area contributed by atoms with Gasteiger partial charge in [-0.05, 0) is 12.8 Å². The molecule has 0 heterocycles. The van der Waals surface area contributed by atoms with Crippen LogP contribution in [-0.2, 0) is 0 Å². The van der Waals surface area contributed by atoms with Crippen molar-refractivity contribution in [2.24, 2.45) is 0 Å². The van der Waals surface area contributed by atoms with Crippen molar-refractivity contribution in [3.63, 3.8) is 0 Å². The molecule has 0 radical (unpaired) electrons. The number of rotatable bonds is 0. The minimum Gasteiger partial charge on any atom is -0.121 e. The highest BCUT2D eigenvalue weighted by molar-refractivity contribution is 6.34. The summed E-state index contributed by atoms with van der Waals surface area (Å²) in [6, 6.07) is 0. The van der Waals surface area contributed by atoms with Crippen molar-refractivity contribution in [1.29, 1.82) is 0 Å². The number of hydrogen-bond acceptors (Lipinski definition) is 0. The average molecular weight is 222 g/mol. The highest BCUT2D eigenvalue weighted by atomic mass is 35.5. The molecule has 0 saturated heterocycles. The maximum absolute atomic E-state index is 5.85. The molecule has 1 fully saturated rings. The van der Waals surface area contributed by atoms with Gasteiger partial charge in [-0.15, -0.1) is 46.4 Å². The van der Waals surface area contributed by atoms with Gasteiger partial charge in [-0.3, -0.25) is 0 Å². The van der Waals surface area contributed by atoms with E-state index < -0.39 is 0 Å². The zero-order chi connectivity index (χ0) is 7.72. The van der Waals surface area contributed by atoms with E-state index >= 15 is 0 Å². The number of alkyl halides is 4. The van der Waals surface area contributed by atoms with Gasteiger partial charge in [0.1, 0.15) is 0 Å². The van der Waals surface area contributed by atoms with Crippen molar-refractivity contribution >= 4 is 46.4 Å². The Labute approximate surface area is 80.8 Å². The maximum atomic E-state index is 5.85. The summed E-state index contributed by atoms with van der Waals surface area (Å²) in [6.07, 6.45) is 1.43. The molecule has 0 N–H and O–H groups in total. The lowest BCUT2D eigenvalue weighted by molar-refractivity contribution is 0.531. The quantitative estimate of drug-likeness (QED) is 0.552. The molecule has 4 heteroatoms. The third-order valence-electron chi connectivity index (χ3n) is 1.69. The van der Waals surface area contributed by atoms with Crippen LogP contribution in [0.4, 0.5) is 0 Å². The molecule has 0 aromatic carbocycles. The summed E-state index contributed by atoms with van der Waals surface area (Å²) in [6.45, 7) is 0.